The van der Waals surface area contributed by atoms with E-state index in [1.54, 1.807) is 0 Å². The van der Waals surface area contributed by atoms with E-state index >= 15 is 0 Å². The van der Waals surface area contributed by atoms with E-state index in [2.05, 4.69) is 11.8 Å². The molecule has 0 saturated carbocycles. The van der Waals surface area contributed by atoms with Gasteiger partial charge in [-0.15, -0.1) is 0 Å². The average Bonchev–Trinajstić information content (AvgIpc) is 2.55. The van der Waals surface area contributed by atoms with E-state index in [0.29, 0.717) is 0 Å². The van der Waals surface area contributed by atoms with E-state index in [1.807, 2.05) is 0 Å². The van der Waals surface area contributed by atoms with Crippen LogP contribution in [0, 0.1) is 0 Å². The van der Waals surface area contributed by atoms with Gasteiger partial charge in [0.25, 0.3) is 10.1 Å². The number of rotatable bonds is 10. The standard InChI is InChI=1S/C17H33NO3S.CH4/c1-2-3-4-5-6-7-8-9-10-11-16-12-14-18-15-13-17(18)21-22(16,19)20;/h16-17H,2-15H2,1H3;1H4. The molecule has 2 atom stereocenters. The van der Waals surface area contributed by atoms with Crippen LogP contribution < -0.4 is 0 Å². The maximum absolute atomic E-state index is 12.2. The van der Waals surface area contributed by atoms with E-state index in [9.17, 15) is 8.42 Å². The summed E-state index contributed by atoms with van der Waals surface area (Å²) in [7, 11) is -3.34. The van der Waals surface area contributed by atoms with E-state index < -0.39 is 10.1 Å². The first-order valence-corrected chi connectivity index (χ1v) is 10.8. The van der Waals surface area contributed by atoms with Crippen LogP contribution in [0.4, 0.5) is 0 Å². The molecule has 2 aliphatic rings. The van der Waals surface area contributed by atoms with Gasteiger partial charge in [-0.25, -0.2) is 0 Å². The lowest BCUT2D eigenvalue weighted by molar-refractivity contribution is -0.0433. The zero-order chi connectivity index (χ0) is 15.8. The molecular formula is C18H37NO3S. The molecule has 2 saturated heterocycles. The summed E-state index contributed by atoms with van der Waals surface area (Å²) in [6, 6.07) is 0. The van der Waals surface area contributed by atoms with Crippen molar-refractivity contribution in [2.45, 2.75) is 103 Å². The molecule has 0 aliphatic carbocycles. The Bertz CT molecular complexity index is 410. The zero-order valence-electron chi connectivity index (χ0n) is 14.1. The van der Waals surface area contributed by atoms with Crippen molar-refractivity contribution in [3.63, 3.8) is 0 Å². The summed E-state index contributed by atoms with van der Waals surface area (Å²) in [4.78, 5) is 2.15. The third kappa shape index (κ3) is 6.71. The Hall–Kier alpha value is -0.130. The third-order valence-electron chi connectivity index (χ3n) is 5.09. The number of unbranched alkanes of at least 4 members (excludes halogenated alkanes) is 8. The van der Waals surface area contributed by atoms with Crippen molar-refractivity contribution in [3.05, 3.63) is 0 Å². The predicted molar refractivity (Wildman–Crippen MR) is 97.0 cm³/mol. The summed E-state index contributed by atoms with van der Waals surface area (Å²) >= 11 is 0. The van der Waals surface area contributed by atoms with Gasteiger partial charge < -0.3 is 0 Å². The van der Waals surface area contributed by atoms with Gasteiger partial charge in [-0.3, -0.25) is 9.08 Å². The van der Waals surface area contributed by atoms with Crippen LogP contribution in [-0.4, -0.2) is 37.9 Å². The quantitative estimate of drug-likeness (QED) is 0.425. The van der Waals surface area contributed by atoms with Crippen LogP contribution in [0.5, 0.6) is 0 Å². The summed E-state index contributed by atoms with van der Waals surface area (Å²) < 4.78 is 29.8. The lowest BCUT2D eigenvalue weighted by atomic mass is 10.0. The van der Waals surface area contributed by atoms with Gasteiger partial charge in [0.2, 0.25) is 0 Å². The Labute approximate surface area is 144 Å². The molecule has 23 heavy (non-hydrogen) atoms. The highest BCUT2D eigenvalue weighted by Crippen LogP contribution is 2.29. The fourth-order valence-corrected chi connectivity index (χ4v) is 4.97. The molecule has 2 unspecified atom stereocenters. The van der Waals surface area contributed by atoms with Crippen molar-refractivity contribution in [3.8, 4) is 0 Å². The molecule has 0 aromatic heterocycles. The second kappa shape index (κ2) is 10.7. The van der Waals surface area contributed by atoms with E-state index in [4.69, 9.17) is 4.18 Å². The minimum absolute atomic E-state index is 0. The maximum atomic E-state index is 12.2. The first-order chi connectivity index (χ1) is 10.6. The molecule has 138 valence electrons. The van der Waals surface area contributed by atoms with Crippen LogP contribution in [0.25, 0.3) is 0 Å². The first-order valence-electron chi connectivity index (χ1n) is 9.29. The first kappa shape index (κ1) is 20.9. The molecule has 0 radical (unpaired) electrons. The SMILES string of the molecule is C.CCCCCCCCCCCC1CCN2CCC2OS1(=O)=O. The molecule has 0 aromatic rings. The smallest absolute Gasteiger partial charge is 0.271 e. The van der Waals surface area contributed by atoms with Crippen molar-refractivity contribution >= 4 is 10.1 Å². The van der Waals surface area contributed by atoms with Gasteiger partial charge in [-0.2, -0.15) is 8.42 Å². The number of fused-ring (bicyclic) bond motifs is 1. The van der Waals surface area contributed by atoms with Gasteiger partial charge >= 0.3 is 0 Å². The Morgan fingerprint density at radius 3 is 2.04 bits per heavy atom. The van der Waals surface area contributed by atoms with Crippen molar-refractivity contribution < 1.29 is 12.6 Å². The minimum atomic E-state index is -3.34. The molecule has 5 heteroatoms. The Balaban J connectivity index is 0.00000264. The molecular weight excluding hydrogens is 310 g/mol. The summed E-state index contributed by atoms with van der Waals surface area (Å²) in [5, 5.41) is -0.275. The lowest BCUT2D eigenvalue weighted by Gasteiger charge is -2.37. The average molecular weight is 348 g/mol. The lowest BCUT2D eigenvalue weighted by Crippen LogP contribution is -2.48. The molecule has 0 N–H and O–H groups in total. The largest absolute Gasteiger partial charge is 0.277 e. The highest BCUT2D eigenvalue weighted by atomic mass is 32.2. The zero-order valence-corrected chi connectivity index (χ0v) is 15.0. The molecule has 2 heterocycles. The van der Waals surface area contributed by atoms with Gasteiger partial charge in [-0.05, 0) is 12.8 Å². The number of hydrogen-bond donors (Lipinski definition) is 0. The predicted octanol–water partition coefficient (Wildman–Crippen LogP) is 4.69. The third-order valence-corrected chi connectivity index (χ3v) is 6.87. The van der Waals surface area contributed by atoms with Gasteiger partial charge in [0, 0.05) is 19.5 Å². The van der Waals surface area contributed by atoms with E-state index in [1.165, 1.54) is 44.9 Å². The summed E-state index contributed by atoms with van der Waals surface area (Å²) in [6.07, 6.45) is 13.7. The van der Waals surface area contributed by atoms with Crippen molar-refractivity contribution in [1.82, 2.24) is 4.90 Å². The summed E-state index contributed by atoms with van der Waals surface area (Å²) in [6.45, 7) is 4.12. The topological polar surface area (TPSA) is 46.6 Å². The number of hydrogen-bond acceptors (Lipinski definition) is 4. The van der Waals surface area contributed by atoms with Gasteiger partial charge in [0.1, 0.15) is 6.23 Å². The summed E-state index contributed by atoms with van der Waals surface area (Å²) in [5.41, 5.74) is 0. The molecule has 2 aliphatic heterocycles. The highest BCUT2D eigenvalue weighted by Gasteiger charge is 2.40. The maximum Gasteiger partial charge on any atom is 0.271 e. The van der Waals surface area contributed by atoms with Gasteiger partial charge in [-0.1, -0.05) is 72.1 Å². The van der Waals surface area contributed by atoms with Crippen molar-refractivity contribution in [2.75, 3.05) is 13.1 Å². The van der Waals surface area contributed by atoms with Crippen LogP contribution in [0.3, 0.4) is 0 Å². The minimum Gasteiger partial charge on any atom is -0.277 e. The van der Waals surface area contributed by atoms with Crippen LogP contribution >= 0.6 is 0 Å². The van der Waals surface area contributed by atoms with Gasteiger partial charge in [0.05, 0.1) is 5.25 Å². The molecule has 2 rings (SSSR count). The molecule has 0 spiro atoms. The Morgan fingerprint density at radius 1 is 0.913 bits per heavy atom. The van der Waals surface area contributed by atoms with Crippen LogP contribution in [0.2, 0.25) is 0 Å². The van der Waals surface area contributed by atoms with E-state index in [-0.39, 0.29) is 18.9 Å². The van der Waals surface area contributed by atoms with Crippen molar-refractivity contribution in [1.29, 1.82) is 0 Å². The van der Waals surface area contributed by atoms with Crippen LogP contribution in [-0.2, 0) is 14.3 Å². The second-order valence-corrected chi connectivity index (χ2v) is 8.74. The second-order valence-electron chi connectivity index (χ2n) is 6.90. The van der Waals surface area contributed by atoms with Crippen LogP contribution in [0.1, 0.15) is 91.4 Å². The molecule has 0 bridgehead atoms. The fraction of sp³-hybridized carbons (Fsp3) is 1.00. The fourth-order valence-electron chi connectivity index (χ4n) is 3.44. The molecule has 4 nitrogen and oxygen atoms in total. The van der Waals surface area contributed by atoms with Crippen molar-refractivity contribution in [2.24, 2.45) is 0 Å². The highest BCUT2D eigenvalue weighted by molar-refractivity contribution is 7.87. The Morgan fingerprint density at radius 2 is 1.48 bits per heavy atom. The van der Waals surface area contributed by atoms with Crippen LogP contribution in [0.15, 0.2) is 0 Å². The van der Waals surface area contributed by atoms with E-state index in [0.717, 1.165) is 45.2 Å². The monoisotopic (exact) mass is 347 g/mol. The molecule has 2 fully saturated rings. The summed E-state index contributed by atoms with van der Waals surface area (Å²) in [5.74, 6) is 0. The molecule has 0 aromatic carbocycles. The molecule has 0 amide bonds. The number of nitrogens with zero attached hydrogens (tertiary/aromatic N) is 1. The normalized spacial score (nSPS) is 26.7. The van der Waals surface area contributed by atoms with Gasteiger partial charge in [0.15, 0.2) is 0 Å². The Kier molecular flexibility index (Phi) is 9.71.